The number of ether oxygens (including phenoxy) is 1. The largest absolute Gasteiger partial charge is 0.452 e. The van der Waals surface area contributed by atoms with Crippen LogP contribution in [0.3, 0.4) is 0 Å². The summed E-state index contributed by atoms with van der Waals surface area (Å²) in [5.74, 6) is -0.793. The van der Waals surface area contributed by atoms with Crippen LogP contribution in [0.5, 0.6) is 0 Å². The number of carbonyl (C=O) groups is 2. The molecular weight excluding hydrogens is 394 g/mol. The Kier molecular flexibility index (Phi) is 6.11. The number of esters is 1. The van der Waals surface area contributed by atoms with Crippen molar-refractivity contribution < 1.29 is 14.3 Å². The summed E-state index contributed by atoms with van der Waals surface area (Å²) in [7, 11) is 0. The molecule has 3 aromatic rings. The van der Waals surface area contributed by atoms with E-state index in [1.165, 1.54) is 11.8 Å². The number of nitrogens with one attached hydrogen (secondary N) is 1. The molecule has 31 heavy (non-hydrogen) atoms. The van der Waals surface area contributed by atoms with Crippen LogP contribution in [-0.2, 0) is 27.3 Å². The van der Waals surface area contributed by atoms with E-state index in [1.807, 2.05) is 24.3 Å². The van der Waals surface area contributed by atoms with E-state index in [1.54, 1.807) is 29.8 Å². The highest BCUT2D eigenvalue weighted by Crippen LogP contribution is 2.29. The lowest BCUT2D eigenvalue weighted by Gasteiger charge is -2.27. The summed E-state index contributed by atoms with van der Waals surface area (Å²) in [4.78, 5) is 36.8. The molecule has 0 aliphatic heterocycles. The first-order valence-corrected chi connectivity index (χ1v) is 10.6. The molecule has 7 heteroatoms. The molecule has 0 saturated heterocycles. The number of para-hydroxylation sites is 1. The molecule has 1 heterocycles. The molecule has 2 atom stereocenters. The molecule has 2 aromatic carbocycles. The van der Waals surface area contributed by atoms with Gasteiger partial charge in [-0.15, -0.1) is 0 Å². The van der Waals surface area contributed by atoms with Crippen LogP contribution in [0.15, 0.2) is 59.5 Å². The zero-order valence-electron chi connectivity index (χ0n) is 17.4. The lowest BCUT2D eigenvalue weighted by Crippen LogP contribution is -2.39. The van der Waals surface area contributed by atoms with Crippen LogP contribution >= 0.6 is 0 Å². The molecule has 1 aliphatic carbocycles. The number of fused-ring (bicyclic) bond motifs is 2. The standard InChI is InChI=1S/C24H25N3O4/c1-16(24(30)26-20-11-6-8-17-7-2-3-9-18(17)20)31-23(29)13-14-27-21-12-5-4-10-19(21)22(28)15-25-27/h2-5,7,9-10,12,15-16,20H,6,8,11,13-14H2,1H3,(H,26,30)/t16-,20-/m0/s1. The average Bonchev–Trinajstić information content (AvgIpc) is 2.79. The van der Waals surface area contributed by atoms with Crippen molar-refractivity contribution in [2.24, 2.45) is 0 Å². The second kappa shape index (κ2) is 9.12. The molecule has 4 rings (SSSR count). The first kappa shape index (κ1) is 20.8. The van der Waals surface area contributed by atoms with Gasteiger partial charge in [-0.2, -0.15) is 5.10 Å². The fraction of sp³-hybridized carbons (Fsp3) is 0.333. The molecule has 1 amide bonds. The van der Waals surface area contributed by atoms with Crippen LogP contribution in [0.2, 0.25) is 0 Å². The summed E-state index contributed by atoms with van der Waals surface area (Å²) < 4.78 is 6.94. The Morgan fingerprint density at radius 2 is 1.97 bits per heavy atom. The Morgan fingerprint density at radius 1 is 1.19 bits per heavy atom. The smallest absolute Gasteiger partial charge is 0.308 e. The molecule has 0 fully saturated rings. The molecule has 1 aromatic heterocycles. The van der Waals surface area contributed by atoms with Gasteiger partial charge in [0.2, 0.25) is 5.43 Å². The number of aryl methyl sites for hydroxylation is 2. The van der Waals surface area contributed by atoms with Crippen molar-refractivity contribution in [3.8, 4) is 0 Å². The molecule has 0 spiro atoms. The van der Waals surface area contributed by atoms with Gasteiger partial charge in [-0.3, -0.25) is 19.1 Å². The van der Waals surface area contributed by atoms with E-state index in [0.717, 1.165) is 24.8 Å². The Bertz CT molecular complexity index is 1170. The number of nitrogens with zero attached hydrogens (tertiary/aromatic N) is 2. The van der Waals surface area contributed by atoms with Crippen molar-refractivity contribution >= 4 is 22.8 Å². The third-order valence-electron chi connectivity index (χ3n) is 5.65. The normalized spacial score (nSPS) is 16.4. The third-order valence-corrected chi connectivity index (χ3v) is 5.65. The van der Waals surface area contributed by atoms with Crippen molar-refractivity contribution in [3.63, 3.8) is 0 Å². The number of carbonyl (C=O) groups excluding carboxylic acids is 2. The lowest BCUT2D eigenvalue weighted by molar-refractivity contribution is -0.155. The summed E-state index contributed by atoms with van der Waals surface area (Å²) in [6.45, 7) is 1.83. The van der Waals surface area contributed by atoms with Crippen LogP contribution in [0.4, 0.5) is 0 Å². The summed E-state index contributed by atoms with van der Waals surface area (Å²) in [6, 6.07) is 15.2. The van der Waals surface area contributed by atoms with Gasteiger partial charge in [0, 0.05) is 5.39 Å². The van der Waals surface area contributed by atoms with E-state index >= 15 is 0 Å². The Hall–Kier alpha value is -3.48. The third kappa shape index (κ3) is 4.66. The van der Waals surface area contributed by atoms with Gasteiger partial charge in [0.15, 0.2) is 6.10 Å². The van der Waals surface area contributed by atoms with E-state index in [9.17, 15) is 14.4 Å². The number of amides is 1. The van der Waals surface area contributed by atoms with Crippen molar-refractivity contribution in [1.82, 2.24) is 15.1 Å². The molecule has 1 N–H and O–H groups in total. The van der Waals surface area contributed by atoms with E-state index < -0.39 is 12.1 Å². The zero-order chi connectivity index (χ0) is 21.8. The Balaban J connectivity index is 1.34. The summed E-state index contributed by atoms with van der Waals surface area (Å²) in [5, 5.41) is 7.67. The minimum absolute atomic E-state index is 0.0454. The fourth-order valence-electron chi connectivity index (χ4n) is 4.04. The Labute approximate surface area is 180 Å². The number of hydrogen-bond donors (Lipinski definition) is 1. The van der Waals surface area contributed by atoms with Crippen molar-refractivity contribution in [1.29, 1.82) is 0 Å². The molecule has 0 bridgehead atoms. The predicted octanol–water partition coefficient (Wildman–Crippen LogP) is 2.91. The monoisotopic (exact) mass is 419 g/mol. The summed E-state index contributed by atoms with van der Waals surface area (Å²) in [6.07, 6.45) is 3.29. The number of aromatic nitrogens is 2. The second-order valence-corrected chi connectivity index (χ2v) is 7.78. The molecule has 7 nitrogen and oxygen atoms in total. The maximum absolute atomic E-state index is 12.6. The summed E-state index contributed by atoms with van der Waals surface area (Å²) in [5.41, 5.74) is 2.88. The summed E-state index contributed by atoms with van der Waals surface area (Å²) >= 11 is 0. The van der Waals surface area contributed by atoms with Crippen molar-refractivity contribution in [3.05, 3.63) is 76.1 Å². The number of rotatable bonds is 6. The van der Waals surface area contributed by atoms with Gasteiger partial charge in [-0.1, -0.05) is 36.4 Å². The highest BCUT2D eigenvalue weighted by molar-refractivity contribution is 5.84. The van der Waals surface area contributed by atoms with E-state index in [4.69, 9.17) is 4.74 Å². The topological polar surface area (TPSA) is 90.3 Å². The van der Waals surface area contributed by atoms with Gasteiger partial charge in [-0.05, 0) is 49.4 Å². The van der Waals surface area contributed by atoms with E-state index in [0.29, 0.717) is 10.9 Å². The molecule has 0 unspecified atom stereocenters. The quantitative estimate of drug-likeness (QED) is 0.621. The van der Waals surface area contributed by atoms with Crippen LogP contribution in [-0.4, -0.2) is 27.8 Å². The number of hydrogen-bond acceptors (Lipinski definition) is 5. The zero-order valence-corrected chi connectivity index (χ0v) is 17.4. The Morgan fingerprint density at radius 3 is 2.84 bits per heavy atom. The minimum atomic E-state index is -0.889. The minimum Gasteiger partial charge on any atom is -0.452 e. The van der Waals surface area contributed by atoms with Crippen LogP contribution in [0, 0.1) is 0 Å². The van der Waals surface area contributed by atoms with E-state index in [2.05, 4.69) is 16.5 Å². The first-order valence-electron chi connectivity index (χ1n) is 10.6. The molecule has 160 valence electrons. The van der Waals surface area contributed by atoms with Gasteiger partial charge in [0.1, 0.15) is 0 Å². The van der Waals surface area contributed by atoms with Gasteiger partial charge < -0.3 is 10.1 Å². The van der Waals surface area contributed by atoms with Crippen molar-refractivity contribution in [2.45, 2.75) is 51.3 Å². The predicted molar refractivity (Wildman–Crippen MR) is 116 cm³/mol. The SMILES string of the molecule is C[C@H](OC(=O)CCn1ncc(=O)c2ccccc21)C(=O)N[C@H]1CCCc2ccccc21. The van der Waals surface area contributed by atoms with Gasteiger partial charge in [0.05, 0.1) is 30.7 Å². The first-order chi connectivity index (χ1) is 15.0. The molecule has 0 saturated carbocycles. The maximum atomic E-state index is 12.6. The maximum Gasteiger partial charge on any atom is 0.308 e. The fourth-order valence-corrected chi connectivity index (χ4v) is 4.04. The van der Waals surface area contributed by atoms with Crippen LogP contribution in [0.1, 0.15) is 43.4 Å². The molecule has 0 radical (unpaired) electrons. The van der Waals surface area contributed by atoms with Gasteiger partial charge >= 0.3 is 5.97 Å². The lowest BCUT2D eigenvalue weighted by atomic mass is 9.87. The van der Waals surface area contributed by atoms with Gasteiger partial charge in [-0.25, -0.2) is 0 Å². The highest BCUT2D eigenvalue weighted by atomic mass is 16.5. The van der Waals surface area contributed by atoms with Crippen LogP contribution in [0.25, 0.3) is 10.9 Å². The second-order valence-electron chi connectivity index (χ2n) is 7.78. The highest BCUT2D eigenvalue weighted by Gasteiger charge is 2.25. The number of benzene rings is 2. The van der Waals surface area contributed by atoms with E-state index in [-0.39, 0.29) is 30.3 Å². The average molecular weight is 419 g/mol. The van der Waals surface area contributed by atoms with Crippen molar-refractivity contribution in [2.75, 3.05) is 0 Å². The van der Waals surface area contributed by atoms with Gasteiger partial charge in [0.25, 0.3) is 5.91 Å². The molecular formula is C24H25N3O4. The molecule has 1 aliphatic rings. The van der Waals surface area contributed by atoms with Crippen LogP contribution < -0.4 is 10.7 Å².